The van der Waals surface area contributed by atoms with Crippen molar-refractivity contribution in [2.24, 2.45) is 0 Å². The lowest BCUT2D eigenvalue weighted by Crippen LogP contribution is -2.18. The summed E-state index contributed by atoms with van der Waals surface area (Å²) < 4.78 is 28.2. The third kappa shape index (κ3) is 3.87. The van der Waals surface area contributed by atoms with Crippen LogP contribution in [-0.2, 0) is 6.54 Å². The van der Waals surface area contributed by atoms with Gasteiger partial charge in [-0.25, -0.2) is 4.98 Å². The maximum absolute atomic E-state index is 12.0. The van der Waals surface area contributed by atoms with Gasteiger partial charge < -0.3 is 9.64 Å². The Labute approximate surface area is 109 Å². The third-order valence-corrected chi connectivity index (χ3v) is 2.46. The second kappa shape index (κ2) is 6.08. The Balaban J connectivity index is 2.01. The van der Waals surface area contributed by atoms with Gasteiger partial charge in [0.05, 0.1) is 18.4 Å². The Bertz CT molecular complexity index is 505. The molecule has 2 aromatic rings. The highest BCUT2D eigenvalue weighted by atomic mass is 19.3. The molecular formula is C13H13F2N3O. The van der Waals surface area contributed by atoms with Crippen LogP contribution in [0.4, 0.5) is 14.6 Å². The van der Waals surface area contributed by atoms with Gasteiger partial charge in [0.1, 0.15) is 11.6 Å². The van der Waals surface area contributed by atoms with Crippen LogP contribution in [0, 0.1) is 0 Å². The number of ether oxygens (including phenoxy) is 1. The zero-order chi connectivity index (χ0) is 13.7. The Hall–Kier alpha value is -2.24. The molecule has 0 atom stereocenters. The molecule has 0 N–H and O–H groups in total. The molecule has 0 amide bonds. The highest BCUT2D eigenvalue weighted by Gasteiger charge is 2.07. The van der Waals surface area contributed by atoms with Crippen LogP contribution in [0.3, 0.4) is 0 Å². The molecule has 2 heterocycles. The largest absolute Gasteiger partial charge is 0.433 e. The van der Waals surface area contributed by atoms with Crippen molar-refractivity contribution in [3.8, 4) is 5.75 Å². The summed E-state index contributed by atoms with van der Waals surface area (Å²) in [7, 11) is 1.85. The standard InChI is InChI=1S/C13H13F2N3O/c1-18(9-10-4-2-3-7-16-10)12-6-5-11(8-17-12)19-13(14)15/h2-8,13H,9H2,1H3. The minimum atomic E-state index is -2.83. The van der Waals surface area contributed by atoms with E-state index >= 15 is 0 Å². The van der Waals surface area contributed by atoms with E-state index < -0.39 is 6.61 Å². The highest BCUT2D eigenvalue weighted by Crippen LogP contribution is 2.17. The first-order chi connectivity index (χ1) is 9.15. The zero-order valence-electron chi connectivity index (χ0n) is 10.3. The van der Waals surface area contributed by atoms with Crippen molar-refractivity contribution in [3.63, 3.8) is 0 Å². The highest BCUT2D eigenvalue weighted by molar-refractivity contribution is 5.40. The molecule has 2 aromatic heterocycles. The first-order valence-electron chi connectivity index (χ1n) is 5.67. The SMILES string of the molecule is CN(Cc1ccccn1)c1ccc(OC(F)F)cn1. The minimum Gasteiger partial charge on any atom is -0.433 e. The van der Waals surface area contributed by atoms with E-state index in [4.69, 9.17) is 0 Å². The maximum atomic E-state index is 12.0. The number of pyridine rings is 2. The van der Waals surface area contributed by atoms with Crippen LogP contribution in [0.2, 0.25) is 0 Å². The number of aromatic nitrogens is 2. The van der Waals surface area contributed by atoms with Crippen molar-refractivity contribution in [2.75, 3.05) is 11.9 Å². The molecule has 0 aromatic carbocycles. The lowest BCUT2D eigenvalue weighted by molar-refractivity contribution is -0.0500. The fourth-order valence-electron chi connectivity index (χ4n) is 1.59. The van der Waals surface area contributed by atoms with E-state index in [0.717, 1.165) is 5.69 Å². The number of anilines is 1. The van der Waals surface area contributed by atoms with Crippen LogP contribution in [0.25, 0.3) is 0 Å². The average molecular weight is 265 g/mol. The Morgan fingerprint density at radius 2 is 2.05 bits per heavy atom. The van der Waals surface area contributed by atoms with Gasteiger partial charge in [0.25, 0.3) is 0 Å². The van der Waals surface area contributed by atoms with Crippen LogP contribution in [0.5, 0.6) is 5.75 Å². The molecule has 0 saturated heterocycles. The molecule has 4 nitrogen and oxygen atoms in total. The quantitative estimate of drug-likeness (QED) is 0.833. The van der Waals surface area contributed by atoms with E-state index in [2.05, 4.69) is 14.7 Å². The summed E-state index contributed by atoms with van der Waals surface area (Å²) in [6, 6.07) is 8.75. The number of rotatable bonds is 5. The first-order valence-corrected chi connectivity index (χ1v) is 5.67. The molecule has 0 radical (unpaired) electrons. The van der Waals surface area contributed by atoms with Gasteiger partial charge in [-0.3, -0.25) is 4.98 Å². The second-order valence-corrected chi connectivity index (χ2v) is 3.91. The van der Waals surface area contributed by atoms with Crippen LogP contribution in [-0.4, -0.2) is 23.6 Å². The summed E-state index contributed by atoms with van der Waals surface area (Å²) in [6.45, 7) is -2.25. The van der Waals surface area contributed by atoms with Crippen LogP contribution < -0.4 is 9.64 Å². The lowest BCUT2D eigenvalue weighted by Gasteiger charge is -2.17. The number of nitrogens with zero attached hydrogens (tertiary/aromatic N) is 3. The number of alkyl halides is 2. The zero-order valence-corrected chi connectivity index (χ0v) is 10.3. The smallest absolute Gasteiger partial charge is 0.387 e. The molecule has 0 aliphatic carbocycles. The van der Waals surface area contributed by atoms with Crippen molar-refractivity contribution >= 4 is 5.82 Å². The van der Waals surface area contributed by atoms with Crippen molar-refractivity contribution in [3.05, 3.63) is 48.4 Å². The van der Waals surface area contributed by atoms with Crippen LogP contribution in [0.1, 0.15) is 5.69 Å². The van der Waals surface area contributed by atoms with Gasteiger partial charge in [0.2, 0.25) is 0 Å². The van der Waals surface area contributed by atoms with E-state index in [0.29, 0.717) is 12.4 Å². The van der Waals surface area contributed by atoms with Gasteiger partial charge in [-0.05, 0) is 24.3 Å². The normalized spacial score (nSPS) is 10.5. The first kappa shape index (κ1) is 13.2. The van der Waals surface area contributed by atoms with Gasteiger partial charge in [0.15, 0.2) is 0 Å². The number of hydrogen-bond acceptors (Lipinski definition) is 4. The van der Waals surface area contributed by atoms with E-state index in [1.165, 1.54) is 12.3 Å². The monoisotopic (exact) mass is 265 g/mol. The Kier molecular flexibility index (Phi) is 4.22. The summed E-state index contributed by atoms with van der Waals surface area (Å²) >= 11 is 0. The topological polar surface area (TPSA) is 38.2 Å². The van der Waals surface area contributed by atoms with Crippen molar-refractivity contribution in [1.29, 1.82) is 0 Å². The average Bonchev–Trinajstić information content (AvgIpc) is 2.40. The fourth-order valence-corrected chi connectivity index (χ4v) is 1.59. The van der Waals surface area contributed by atoms with Crippen LogP contribution >= 0.6 is 0 Å². The van der Waals surface area contributed by atoms with E-state index in [-0.39, 0.29) is 5.75 Å². The van der Waals surface area contributed by atoms with E-state index in [1.807, 2.05) is 30.1 Å². The molecule has 0 aliphatic rings. The summed E-state index contributed by atoms with van der Waals surface area (Å²) in [5.41, 5.74) is 0.903. The van der Waals surface area contributed by atoms with Crippen molar-refractivity contribution < 1.29 is 13.5 Å². The van der Waals surface area contributed by atoms with Gasteiger partial charge in [-0.2, -0.15) is 8.78 Å². The summed E-state index contributed by atoms with van der Waals surface area (Å²) in [5.74, 6) is 0.706. The fraction of sp³-hybridized carbons (Fsp3) is 0.231. The maximum Gasteiger partial charge on any atom is 0.387 e. The number of halogens is 2. The molecular weight excluding hydrogens is 252 g/mol. The Morgan fingerprint density at radius 1 is 1.21 bits per heavy atom. The predicted molar refractivity (Wildman–Crippen MR) is 67.2 cm³/mol. The summed E-state index contributed by atoms with van der Waals surface area (Å²) in [6.07, 6.45) is 2.99. The summed E-state index contributed by atoms with van der Waals surface area (Å²) in [4.78, 5) is 10.1. The van der Waals surface area contributed by atoms with Crippen LogP contribution in [0.15, 0.2) is 42.7 Å². The Morgan fingerprint density at radius 3 is 2.63 bits per heavy atom. The molecule has 0 aliphatic heterocycles. The molecule has 0 unspecified atom stereocenters. The van der Waals surface area contributed by atoms with Gasteiger partial charge >= 0.3 is 6.61 Å². The molecule has 0 saturated carbocycles. The second-order valence-electron chi connectivity index (χ2n) is 3.91. The molecule has 0 spiro atoms. The molecule has 0 fully saturated rings. The van der Waals surface area contributed by atoms with Gasteiger partial charge in [0, 0.05) is 13.2 Å². The van der Waals surface area contributed by atoms with E-state index in [9.17, 15) is 8.78 Å². The molecule has 2 rings (SSSR count). The molecule has 6 heteroatoms. The minimum absolute atomic E-state index is 0.0463. The van der Waals surface area contributed by atoms with Gasteiger partial charge in [-0.15, -0.1) is 0 Å². The van der Waals surface area contributed by atoms with Gasteiger partial charge in [-0.1, -0.05) is 6.07 Å². The number of hydrogen-bond donors (Lipinski definition) is 0. The van der Waals surface area contributed by atoms with Crippen molar-refractivity contribution in [2.45, 2.75) is 13.2 Å². The molecule has 0 bridgehead atoms. The third-order valence-electron chi connectivity index (χ3n) is 2.46. The molecule has 19 heavy (non-hydrogen) atoms. The van der Waals surface area contributed by atoms with Crippen molar-refractivity contribution in [1.82, 2.24) is 9.97 Å². The molecule has 100 valence electrons. The summed E-state index contributed by atoms with van der Waals surface area (Å²) in [5, 5.41) is 0. The van der Waals surface area contributed by atoms with E-state index in [1.54, 1.807) is 12.3 Å². The lowest BCUT2D eigenvalue weighted by atomic mass is 10.3. The predicted octanol–water partition coefficient (Wildman–Crippen LogP) is 2.71.